The number of para-hydroxylation sites is 3. The van der Waals surface area contributed by atoms with Crippen LogP contribution in [0.15, 0.2) is 388 Å². The topological polar surface area (TPSA) is 16.3 Å². The fraction of sp³-hybridized carbons (Fsp3) is 0. The maximum atomic E-state index is 2.44. The van der Waals surface area contributed by atoms with Crippen molar-refractivity contribution in [1.82, 2.24) is 9.13 Å². The standard InChI is InChI=1S/C52H34N2S.C46H30N2S/c1-2-10-35(11-3-1)37-20-24-41(25-21-37)53(42-26-22-38(23-27-42)40-19-18-36-12-4-5-13-39(36)32-40)43-28-30-44(31-29-43)54-49-16-8-6-14-45(49)47-33-48-46-15-7-9-17-51(46)55-52(48)34-50(47)54;1-2-15-35(16-3-1)47(36-17-10-14-33(27-36)34-25-24-31-12-4-5-13-32(31)26-34)37-18-11-19-38(28-37)48-43-22-8-6-20-39(43)41-29-42-40-21-7-9-23-45(40)49-46(42)30-44(41)48/h1-34H;1-30H. The molecule has 0 bridgehead atoms. The van der Waals surface area contributed by atoms with Crippen molar-refractivity contribution in [2.75, 3.05) is 9.80 Å². The summed E-state index contributed by atoms with van der Waals surface area (Å²) in [6.45, 7) is 0. The summed E-state index contributed by atoms with van der Waals surface area (Å²) in [4.78, 5) is 4.72. The second-order valence-electron chi connectivity index (χ2n) is 26.8. The lowest BCUT2D eigenvalue weighted by Gasteiger charge is -2.26. The van der Waals surface area contributed by atoms with E-state index in [0.717, 1.165) is 45.5 Å². The van der Waals surface area contributed by atoms with Crippen molar-refractivity contribution in [2.24, 2.45) is 0 Å². The van der Waals surface area contributed by atoms with Gasteiger partial charge in [-0.3, -0.25) is 0 Å². The van der Waals surface area contributed by atoms with Gasteiger partial charge in [-0.15, -0.1) is 22.7 Å². The summed E-state index contributed by atoms with van der Waals surface area (Å²) in [5.41, 5.74) is 21.0. The molecule has 0 aliphatic rings. The summed E-state index contributed by atoms with van der Waals surface area (Å²) in [6.07, 6.45) is 0. The van der Waals surface area contributed by atoms with Crippen LogP contribution in [0.5, 0.6) is 0 Å². The Balaban J connectivity index is 0.000000139. The minimum absolute atomic E-state index is 1.10. The molecule has 0 atom stereocenters. The average Bonchev–Trinajstić information content (AvgIpc) is 1.58. The zero-order valence-corrected chi connectivity index (χ0v) is 58.2. The quantitative estimate of drug-likeness (QED) is 0.128. The third-order valence-corrected chi connectivity index (χ3v) is 23.0. The van der Waals surface area contributed by atoms with E-state index in [-0.39, 0.29) is 0 Å². The van der Waals surface area contributed by atoms with Gasteiger partial charge >= 0.3 is 0 Å². The van der Waals surface area contributed by atoms with Crippen LogP contribution < -0.4 is 9.80 Å². The molecule has 21 rings (SSSR count). The number of thiophene rings is 2. The SMILES string of the molecule is c1ccc(-c2ccc(N(c3ccc(-c4ccc5ccccc5c4)cc3)c3ccc(-n4c5ccccc5c5cc6c(cc54)sc4ccccc46)cc3)cc2)cc1.c1ccc(N(c2cccc(-c3ccc4ccccc4c3)c2)c2cccc(-n3c4ccccc4c4cc5c(cc43)sc3ccccc35)c2)cc1. The number of benzene rings is 17. The Morgan fingerprint density at radius 2 is 0.538 bits per heavy atom. The molecule has 0 N–H and O–H groups in total. The van der Waals surface area contributed by atoms with Crippen LogP contribution in [0.2, 0.25) is 0 Å². The largest absolute Gasteiger partial charge is 0.311 e. The molecule has 0 aliphatic carbocycles. The van der Waals surface area contributed by atoms with Crippen LogP contribution in [0.1, 0.15) is 0 Å². The van der Waals surface area contributed by atoms with Gasteiger partial charge in [-0.05, 0) is 207 Å². The molecule has 0 saturated carbocycles. The van der Waals surface area contributed by atoms with Crippen molar-refractivity contribution in [3.8, 4) is 44.8 Å². The van der Waals surface area contributed by atoms with Crippen molar-refractivity contribution in [3.63, 3.8) is 0 Å². The van der Waals surface area contributed by atoms with Crippen LogP contribution in [0.4, 0.5) is 34.1 Å². The summed E-state index contributed by atoms with van der Waals surface area (Å²) in [5, 5.41) is 15.4. The molecule has 0 fully saturated rings. The third-order valence-electron chi connectivity index (χ3n) is 20.7. The van der Waals surface area contributed by atoms with E-state index in [9.17, 15) is 0 Å². The van der Waals surface area contributed by atoms with Crippen LogP contribution in [0.3, 0.4) is 0 Å². The highest BCUT2D eigenvalue weighted by molar-refractivity contribution is 7.26. The number of anilines is 6. The highest BCUT2D eigenvalue weighted by Gasteiger charge is 2.22. The number of rotatable bonds is 11. The predicted molar refractivity (Wildman–Crippen MR) is 448 cm³/mol. The number of hydrogen-bond acceptors (Lipinski definition) is 4. The monoisotopic (exact) mass is 1360 g/mol. The van der Waals surface area contributed by atoms with E-state index in [1.54, 1.807) is 0 Å². The summed E-state index contributed by atoms with van der Waals surface area (Å²) in [7, 11) is 0. The van der Waals surface area contributed by atoms with Gasteiger partial charge in [0.25, 0.3) is 0 Å². The minimum atomic E-state index is 1.10. The molecule has 0 amide bonds. The molecule has 0 saturated heterocycles. The number of hydrogen-bond donors (Lipinski definition) is 0. The normalized spacial score (nSPS) is 11.7. The first-order valence-corrected chi connectivity index (χ1v) is 37.1. The molecule has 0 aliphatic heterocycles. The van der Waals surface area contributed by atoms with E-state index in [0.29, 0.717) is 0 Å². The zero-order valence-electron chi connectivity index (χ0n) is 56.6. The van der Waals surface area contributed by atoms with Gasteiger partial charge in [-0.1, -0.05) is 237 Å². The zero-order chi connectivity index (χ0) is 68.6. The Hall–Kier alpha value is -13.1. The molecule has 0 spiro atoms. The predicted octanol–water partition coefficient (Wildman–Crippen LogP) is 28.6. The Morgan fingerprint density at radius 1 is 0.173 bits per heavy atom. The highest BCUT2D eigenvalue weighted by Crippen LogP contribution is 2.46. The fourth-order valence-electron chi connectivity index (χ4n) is 15.7. The summed E-state index contributed by atoms with van der Waals surface area (Å²) in [5.74, 6) is 0. The molecular formula is C98H64N4S2. The van der Waals surface area contributed by atoms with Crippen molar-refractivity contribution in [3.05, 3.63) is 388 Å². The van der Waals surface area contributed by atoms with Crippen molar-refractivity contribution in [1.29, 1.82) is 0 Å². The summed E-state index contributed by atoms with van der Waals surface area (Å²) < 4.78 is 10.1. The van der Waals surface area contributed by atoms with Gasteiger partial charge in [0.15, 0.2) is 0 Å². The molecule has 4 nitrogen and oxygen atoms in total. The second kappa shape index (κ2) is 25.5. The lowest BCUT2D eigenvalue weighted by Crippen LogP contribution is -2.10. The highest BCUT2D eigenvalue weighted by atomic mass is 32.1. The number of nitrogens with zero attached hydrogens (tertiary/aromatic N) is 4. The summed E-state index contributed by atoms with van der Waals surface area (Å²) >= 11 is 3.74. The van der Waals surface area contributed by atoms with Crippen LogP contribution in [0, 0.1) is 0 Å². The molecular weight excluding hydrogens is 1300 g/mol. The van der Waals surface area contributed by atoms with Crippen molar-refractivity contribution < 1.29 is 0 Å². The van der Waals surface area contributed by atoms with Gasteiger partial charge in [0, 0.05) is 107 Å². The van der Waals surface area contributed by atoms with Gasteiger partial charge in [0.2, 0.25) is 0 Å². The molecule has 488 valence electrons. The smallest absolute Gasteiger partial charge is 0.0555 e. The van der Waals surface area contributed by atoms with Gasteiger partial charge in [-0.2, -0.15) is 0 Å². The molecule has 6 heteroatoms. The third kappa shape index (κ3) is 10.7. The first-order valence-electron chi connectivity index (χ1n) is 35.4. The van der Waals surface area contributed by atoms with E-state index in [1.807, 2.05) is 22.7 Å². The van der Waals surface area contributed by atoms with Crippen LogP contribution in [0.25, 0.3) is 150 Å². The Morgan fingerprint density at radius 3 is 1.10 bits per heavy atom. The first-order chi connectivity index (χ1) is 51.5. The lowest BCUT2D eigenvalue weighted by atomic mass is 10.0. The minimum Gasteiger partial charge on any atom is -0.311 e. The molecule has 4 aromatic heterocycles. The average molecular weight is 1360 g/mol. The number of fused-ring (bicyclic) bond motifs is 14. The van der Waals surface area contributed by atoms with Crippen molar-refractivity contribution in [2.45, 2.75) is 0 Å². The Labute approximate surface area is 609 Å². The van der Waals surface area contributed by atoms with Gasteiger partial charge in [0.05, 0.1) is 22.1 Å². The Bertz CT molecular complexity index is 6840. The van der Waals surface area contributed by atoms with Gasteiger partial charge < -0.3 is 18.9 Å². The van der Waals surface area contributed by atoms with E-state index in [1.165, 1.54) is 139 Å². The maximum absolute atomic E-state index is 2.44. The Kier molecular flexibility index (Phi) is 14.9. The van der Waals surface area contributed by atoms with E-state index in [2.05, 4.69) is 407 Å². The molecule has 21 aromatic rings. The maximum Gasteiger partial charge on any atom is 0.0555 e. The first kappa shape index (κ1) is 60.8. The van der Waals surface area contributed by atoms with E-state index < -0.39 is 0 Å². The fourth-order valence-corrected chi connectivity index (χ4v) is 18.0. The van der Waals surface area contributed by atoms with Crippen molar-refractivity contribution >= 4 is 162 Å². The van der Waals surface area contributed by atoms with Crippen LogP contribution >= 0.6 is 22.7 Å². The summed E-state index contributed by atoms with van der Waals surface area (Å²) in [6, 6.07) is 141. The van der Waals surface area contributed by atoms with Crippen LogP contribution in [-0.4, -0.2) is 9.13 Å². The lowest BCUT2D eigenvalue weighted by molar-refractivity contribution is 1.17. The molecule has 0 unspecified atom stereocenters. The second-order valence-corrected chi connectivity index (χ2v) is 29.0. The van der Waals surface area contributed by atoms with E-state index in [4.69, 9.17) is 0 Å². The molecule has 0 radical (unpaired) electrons. The number of aromatic nitrogens is 2. The molecule has 104 heavy (non-hydrogen) atoms. The van der Waals surface area contributed by atoms with Gasteiger partial charge in [0.1, 0.15) is 0 Å². The molecule has 4 heterocycles. The van der Waals surface area contributed by atoms with Crippen LogP contribution in [-0.2, 0) is 0 Å². The molecule has 17 aromatic carbocycles. The van der Waals surface area contributed by atoms with E-state index >= 15 is 0 Å². The van der Waals surface area contributed by atoms with Gasteiger partial charge in [-0.25, -0.2) is 0 Å².